The van der Waals surface area contributed by atoms with Gasteiger partial charge in [-0.2, -0.15) is 0 Å². The summed E-state index contributed by atoms with van der Waals surface area (Å²) in [5.74, 6) is 1.00. The van der Waals surface area contributed by atoms with Crippen molar-refractivity contribution >= 4 is 11.9 Å². The number of urea groups is 1. The van der Waals surface area contributed by atoms with Crippen molar-refractivity contribution in [1.82, 2.24) is 10.6 Å². The first-order valence-electron chi connectivity index (χ1n) is 5.17. The summed E-state index contributed by atoms with van der Waals surface area (Å²) in [4.78, 5) is 22.7. The molecule has 2 fully saturated rings. The lowest BCUT2D eigenvalue weighted by Gasteiger charge is -2.37. The van der Waals surface area contributed by atoms with Gasteiger partial charge in [0.15, 0.2) is 0 Å². The highest BCUT2D eigenvalue weighted by molar-refractivity contribution is 6.07. The average Bonchev–Trinajstić information content (AvgIpc) is 2.36. The summed E-state index contributed by atoms with van der Waals surface area (Å²) in [5, 5.41) is 5.09. The van der Waals surface area contributed by atoms with Gasteiger partial charge in [-0.15, -0.1) is 0 Å². The van der Waals surface area contributed by atoms with E-state index < -0.39 is 5.54 Å². The fraction of sp³-hybridized carbons (Fsp3) is 0.800. The van der Waals surface area contributed by atoms with Gasteiger partial charge in [-0.1, -0.05) is 13.8 Å². The molecule has 4 heteroatoms. The highest BCUT2D eigenvalue weighted by Crippen LogP contribution is 2.37. The summed E-state index contributed by atoms with van der Waals surface area (Å²) in [6.07, 6.45) is 2.55. The predicted molar refractivity (Wildman–Crippen MR) is 51.6 cm³/mol. The van der Waals surface area contributed by atoms with E-state index in [0.717, 1.165) is 19.3 Å². The van der Waals surface area contributed by atoms with Crippen molar-refractivity contribution in [2.45, 2.75) is 38.6 Å². The maximum absolute atomic E-state index is 11.6. The molecule has 0 aromatic heterocycles. The molecule has 2 aliphatic rings. The number of hydrogen-bond acceptors (Lipinski definition) is 2. The first-order chi connectivity index (χ1) is 6.53. The molecule has 3 atom stereocenters. The standard InChI is InChI=1S/C10H16N2O2/c1-6-3-4-10(5-7(6)2)8(13)11-9(14)12-10/h6-7H,3-5H2,1-2H3,(H2,11,12,13,14). The lowest BCUT2D eigenvalue weighted by atomic mass is 9.71. The van der Waals surface area contributed by atoms with Gasteiger partial charge in [0.2, 0.25) is 0 Å². The number of imide groups is 1. The van der Waals surface area contributed by atoms with Gasteiger partial charge >= 0.3 is 6.03 Å². The van der Waals surface area contributed by atoms with Crippen LogP contribution in [-0.2, 0) is 4.79 Å². The van der Waals surface area contributed by atoms with Crippen LogP contribution in [0.4, 0.5) is 4.79 Å². The van der Waals surface area contributed by atoms with Crippen LogP contribution in [0.1, 0.15) is 33.1 Å². The van der Waals surface area contributed by atoms with Gasteiger partial charge in [0.25, 0.3) is 5.91 Å². The Hall–Kier alpha value is -1.06. The molecule has 1 aliphatic carbocycles. The van der Waals surface area contributed by atoms with Crippen LogP contribution in [0.25, 0.3) is 0 Å². The SMILES string of the molecule is CC1CCC2(CC1C)NC(=O)NC2=O. The second-order valence-corrected chi connectivity index (χ2v) is 4.69. The maximum atomic E-state index is 11.6. The van der Waals surface area contributed by atoms with Gasteiger partial charge in [-0.25, -0.2) is 4.79 Å². The van der Waals surface area contributed by atoms with Gasteiger partial charge in [0, 0.05) is 0 Å². The number of carbonyl (C=O) groups excluding carboxylic acids is 2. The summed E-state index contributed by atoms with van der Waals surface area (Å²) in [6, 6.07) is -0.336. The molecule has 78 valence electrons. The first-order valence-corrected chi connectivity index (χ1v) is 5.17. The third-order valence-corrected chi connectivity index (χ3v) is 3.68. The van der Waals surface area contributed by atoms with Gasteiger partial charge in [-0.3, -0.25) is 10.1 Å². The minimum atomic E-state index is -0.594. The molecule has 1 aliphatic heterocycles. The van der Waals surface area contributed by atoms with E-state index in [1.165, 1.54) is 0 Å². The largest absolute Gasteiger partial charge is 0.323 e. The van der Waals surface area contributed by atoms with Crippen LogP contribution in [0.2, 0.25) is 0 Å². The minimum absolute atomic E-state index is 0.138. The second-order valence-electron chi connectivity index (χ2n) is 4.69. The van der Waals surface area contributed by atoms with Crippen molar-refractivity contribution in [3.8, 4) is 0 Å². The maximum Gasteiger partial charge on any atom is 0.322 e. The van der Waals surface area contributed by atoms with Crippen LogP contribution in [0.3, 0.4) is 0 Å². The van der Waals surface area contributed by atoms with E-state index in [-0.39, 0.29) is 11.9 Å². The van der Waals surface area contributed by atoms with Gasteiger partial charge < -0.3 is 5.32 Å². The topological polar surface area (TPSA) is 58.2 Å². The molecule has 1 heterocycles. The normalized spacial score (nSPS) is 42.4. The fourth-order valence-electron chi connectivity index (χ4n) is 2.46. The van der Waals surface area contributed by atoms with Crippen molar-refractivity contribution in [2.75, 3.05) is 0 Å². The molecule has 14 heavy (non-hydrogen) atoms. The third kappa shape index (κ3) is 1.29. The highest BCUT2D eigenvalue weighted by atomic mass is 16.2. The Labute approximate surface area is 83.4 Å². The molecule has 1 spiro atoms. The Morgan fingerprint density at radius 2 is 2.00 bits per heavy atom. The molecule has 0 aromatic rings. The lowest BCUT2D eigenvalue weighted by Crippen LogP contribution is -2.51. The molecule has 0 aromatic carbocycles. The molecule has 1 saturated carbocycles. The molecule has 3 amide bonds. The zero-order valence-electron chi connectivity index (χ0n) is 8.59. The van der Waals surface area contributed by atoms with E-state index in [4.69, 9.17) is 0 Å². The van der Waals surface area contributed by atoms with Crippen molar-refractivity contribution in [2.24, 2.45) is 11.8 Å². The molecule has 0 bridgehead atoms. The molecule has 1 saturated heterocycles. The van der Waals surface area contributed by atoms with E-state index in [0.29, 0.717) is 11.8 Å². The summed E-state index contributed by atoms with van der Waals surface area (Å²) in [7, 11) is 0. The quantitative estimate of drug-likeness (QED) is 0.568. The number of nitrogens with one attached hydrogen (secondary N) is 2. The number of amides is 3. The van der Waals surface area contributed by atoms with Crippen LogP contribution in [0, 0.1) is 11.8 Å². The van der Waals surface area contributed by atoms with Crippen LogP contribution in [0.5, 0.6) is 0 Å². The summed E-state index contributed by atoms with van der Waals surface area (Å²) in [5.41, 5.74) is -0.594. The average molecular weight is 196 g/mol. The third-order valence-electron chi connectivity index (χ3n) is 3.68. The van der Waals surface area contributed by atoms with Gasteiger partial charge in [-0.05, 0) is 31.1 Å². The fourth-order valence-corrected chi connectivity index (χ4v) is 2.46. The molecular formula is C10H16N2O2. The van der Waals surface area contributed by atoms with E-state index in [1.807, 2.05) is 0 Å². The van der Waals surface area contributed by atoms with Crippen molar-refractivity contribution in [1.29, 1.82) is 0 Å². The van der Waals surface area contributed by atoms with E-state index in [1.54, 1.807) is 0 Å². The Morgan fingerprint density at radius 3 is 2.50 bits per heavy atom. The van der Waals surface area contributed by atoms with Crippen molar-refractivity contribution in [3.63, 3.8) is 0 Å². The molecule has 2 N–H and O–H groups in total. The van der Waals surface area contributed by atoms with E-state index in [2.05, 4.69) is 24.5 Å². The lowest BCUT2D eigenvalue weighted by molar-refractivity contribution is -0.126. The zero-order chi connectivity index (χ0) is 10.3. The van der Waals surface area contributed by atoms with Crippen LogP contribution >= 0.6 is 0 Å². The minimum Gasteiger partial charge on any atom is -0.323 e. The summed E-state index contributed by atoms with van der Waals surface area (Å²) in [6.45, 7) is 4.34. The van der Waals surface area contributed by atoms with E-state index in [9.17, 15) is 9.59 Å². The monoisotopic (exact) mass is 196 g/mol. The Balaban J connectivity index is 2.18. The molecule has 0 radical (unpaired) electrons. The predicted octanol–water partition coefficient (Wildman–Crippen LogP) is 1.02. The molecule has 4 nitrogen and oxygen atoms in total. The highest BCUT2D eigenvalue weighted by Gasteiger charge is 2.49. The summed E-state index contributed by atoms with van der Waals surface area (Å²) < 4.78 is 0. The van der Waals surface area contributed by atoms with Crippen LogP contribution in [0.15, 0.2) is 0 Å². The number of rotatable bonds is 0. The zero-order valence-corrected chi connectivity index (χ0v) is 8.59. The van der Waals surface area contributed by atoms with Crippen LogP contribution in [-0.4, -0.2) is 17.5 Å². The second kappa shape index (κ2) is 2.97. The Bertz CT molecular complexity index is 290. The Kier molecular flexibility index (Phi) is 2.01. The smallest absolute Gasteiger partial charge is 0.322 e. The van der Waals surface area contributed by atoms with Crippen molar-refractivity contribution < 1.29 is 9.59 Å². The number of hydrogen-bond donors (Lipinski definition) is 2. The molecule has 3 unspecified atom stereocenters. The van der Waals surface area contributed by atoms with Crippen molar-refractivity contribution in [3.05, 3.63) is 0 Å². The van der Waals surface area contributed by atoms with Crippen LogP contribution < -0.4 is 10.6 Å². The van der Waals surface area contributed by atoms with Gasteiger partial charge in [0.05, 0.1) is 0 Å². The number of carbonyl (C=O) groups is 2. The Morgan fingerprint density at radius 1 is 1.29 bits per heavy atom. The first kappa shape index (κ1) is 9.49. The van der Waals surface area contributed by atoms with E-state index >= 15 is 0 Å². The van der Waals surface area contributed by atoms with Gasteiger partial charge in [0.1, 0.15) is 5.54 Å². The molecular weight excluding hydrogens is 180 g/mol. The molecule has 2 rings (SSSR count). The summed E-state index contributed by atoms with van der Waals surface area (Å²) >= 11 is 0.